The third kappa shape index (κ3) is 3.70. The molecule has 0 amide bonds. The van der Waals surface area contributed by atoms with Crippen LogP contribution in [0.4, 0.5) is 0 Å². The maximum absolute atomic E-state index is 10.8. The zero-order valence-electron chi connectivity index (χ0n) is 9.04. The van der Waals surface area contributed by atoms with E-state index < -0.39 is 11.1 Å². The number of hydrogen-bond donors (Lipinski definition) is 0. The number of hydrogen-bond acceptors (Lipinski definition) is 3. The van der Waals surface area contributed by atoms with Crippen LogP contribution in [0.15, 0.2) is 64.4 Å². The van der Waals surface area contributed by atoms with Crippen molar-refractivity contribution < 1.29 is 8.76 Å². The van der Waals surface area contributed by atoms with Crippen LogP contribution in [-0.2, 0) is 16.8 Å². The first-order chi connectivity index (χ1) is 8.25. The second kappa shape index (κ2) is 6.00. The van der Waals surface area contributed by atoms with Gasteiger partial charge in [-0.2, -0.15) is 0 Å². The molecule has 0 aliphatic rings. The third-order valence-electron chi connectivity index (χ3n) is 2.25. The van der Waals surface area contributed by atoms with Crippen LogP contribution in [0.1, 0.15) is 5.56 Å². The fraction of sp³-hybridized carbons (Fsp3) is 0.0769. The van der Waals surface area contributed by atoms with Gasteiger partial charge in [-0.3, -0.25) is 4.21 Å². The Kier molecular flexibility index (Phi) is 4.36. The maximum atomic E-state index is 10.8. The van der Waals surface area contributed by atoms with Crippen molar-refractivity contribution in [3.05, 3.63) is 60.2 Å². The molecule has 2 rings (SSSR count). The zero-order valence-corrected chi connectivity index (χ0v) is 10.7. The molecule has 17 heavy (non-hydrogen) atoms. The van der Waals surface area contributed by atoms with Gasteiger partial charge in [-0.25, -0.2) is 0 Å². The third-order valence-corrected chi connectivity index (χ3v) is 3.95. The normalized spacial score (nSPS) is 12.3. The highest BCUT2D eigenvalue weighted by Gasteiger charge is 1.98. The SMILES string of the molecule is O=S([O-])c1cccc(SCc2ccccc2)c1. The first kappa shape index (κ1) is 12.4. The Morgan fingerprint density at radius 3 is 2.53 bits per heavy atom. The van der Waals surface area contributed by atoms with Gasteiger partial charge in [0.05, 0.1) is 0 Å². The molecule has 0 N–H and O–H groups in total. The van der Waals surface area contributed by atoms with E-state index in [0.29, 0.717) is 4.90 Å². The van der Waals surface area contributed by atoms with Crippen LogP contribution >= 0.6 is 11.8 Å². The number of thioether (sulfide) groups is 1. The summed E-state index contributed by atoms with van der Waals surface area (Å²) in [5, 5.41) is 0. The summed E-state index contributed by atoms with van der Waals surface area (Å²) in [5.41, 5.74) is 1.23. The summed E-state index contributed by atoms with van der Waals surface area (Å²) in [6, 6.07) is 17.1. The first-order valence-electron chi connectivity index (χ1n) is 5.12. The summed E-state index contributed by atoms with van der Waals surface area (Å²) in [7, 11) is 0. The van der Waals surface area contributed by atoms with E-state index in [-0.39, 0.29) is 0 Å². The van der Waals surface area contributed by atoms with Crippen LogP contribution in [0, 0.1) is 0 Å². The fourth-order valence-corrected chi connectivity index (χ4v) is 2.81. The van der Waals surface area contributed by atoms with Crippen molar-refractivity contribution in [2.24, 2.45) is 0 Å². The van der Waals surface area contributed by atoms with E-state index in [1.807, 2.05) is 24.3 Å². The van der Waals surface area contributed by atoms with Crippen molar-refractivity contribution in [2.45, 2.75) is 15.5 Å². The summed E-state index contributed by atoms with van der Waals surface area (Å²) in [4.78, 5) is 1.30. The molecule has 0 radical (unpaired) electrons. The van der Waals surface area contributed by atoms with Crippen LogP contribution in [0.3, 0.4) is 0 Å². The fourth-order valence-electron chi connectivity index (χ4n) is 1.41. The summed E-state index contributed by atoms with van der Waals surface area (Å²) in [6.07, 6.45) is 0. The molecule has 0 aliphatic carbocycles. The Morgan fingerprint density at radius 2 is 1.82 bits per heavy atom. The highest BCUT2D eigenvalue weighted by atomic mass is 32.2. The summed E-state index contributed by atoms with van der Waals surface area (Å²) >= 11 is -0.519. The van der Waals surface area contributed by atoms with E-state index in [4.69, 9.17) is 0 Å². The van der Waals surface area contributed by atoms with Crippen molar-refractivity contribution in [3.8, 4) is 0 Å². The lowest BCUT2D eigenvalue weighted by atomic mass is 10.2. The second-order valence-corrected chi connectivity index (χ2v) is 5.47. The predicted molar refractivity (Wildman–Crippen MR) is 69.6 cm³/mol. The second-order valence-electron chi connectivity index (χ2n) is 3.48. The molecule has 2 nitrogen and oxygen atoms in total. The maximum Gasteiger partial charge on any atom is 0.0259 e. The molecule has 0 spiro atoms. The van der Waals surface area contributed by atoms with Gasteiger partial charge >= 0.3 is 0 Å². The molecule has 4 heteroatoms. The van der Waals surface area contributed by atoms with Gasteiger partial charge in [-0.1, -0.05) is 36.4 Å². The molecule has 0 heterocycles. The van der Waals surface area contributed by atoms with Gasteiger partial charge in [0.25, 0.3) is 0 Å². The Bertz CT molecular complexity index is 512. The van der Waals surface area contributed by atoms with Crippen LogP contribution < -0.4 is 0 Å². The molecular formula is C13H11O2S2-. The minimum atomic E-state index is -2.15. The quantitative estimate of drug-likeness (QED) is 0.628. The molecule has 0 fully saturated rings. The number of benzene rings is 2. The zero-order chi connectivity index (χ0) is 12.1. The van der Waals surface area contributed by atoms with Crippen LogP contribution in [0.5, 0.6) is 0 Å². The lowest BCUT2D eigenvalue weighted by molar-refractivity contribution is 0.537. The van der Waals surface area contributed by atoms with Gasteiger partial charge in [0.1, 0.15) is 0 Å². The molecule has 0 saturated heterocycles. The molecule has 0 aromatic heterocycles. The van der Waals surface area contributed by atoms with E-state index in [1.54, 1.807) is 30.0 Å². The molecular weight excluding hydrogens is 252 g/mol. The molecule has 1 unspecified atom stereocenters. The predicted octanol–water partition coefficient (Wildman–Crippen LogP) is 3.22. The summed E-state index contributed by atoms with van der Waals surface area (Å²) in [6.45, 7) is 0. The van der Waals surface area contributed by atoms with Gasteiger partial charge < -0.3 is 4.55 Å². The smallest absolute Gasteiger partial charge is 0.0259 e. The molecule has 0 saturated carbocycles. The molecule has 2 aromatic carbocycles. The van der Waals surface area contributed by atoms with Crippen molar-refractivity contribution in [1.82, 2.24) is 0 Å². The van der Waals surface area contributed by atoms with Gasteiger partial charge in [-0.15, -0.1) is 11.8 Å². The Hall–Kier alpha value is -1.10. The van der Waals surface area contributed by atoms with Gasteiger partial charge in [0, 0.05) is 15.5 Å². The minimum absolute atomic E-state index is 0.336. The van der Waals surface area contributed by atoms with E-state index in [2.05, 4.69) is 12.1 Å². The van der Waals surface area contributed by atoms with Crippen molar-refractivity contribution in [1.29, 1.82) is 0 Å². The lowest BCUT2D eigenvalue weighted by Crippen LogP contribution is -1.88. The molecule has 0 aliphatic heterocycles. The summed E-state index contributed by atoms with van der Waals surface area (Å²) in [5.74, 6) is 0.843. The standard InChI is InChI=1S/C13H12O2S2/c14-17(15)13-8-4-7-12(9-13)16-10-11-5-2-1-3-6-11/h1-9H,10H2,(H,14,15)/p-1. The minimum Gasteiger partial charge on any atom is -0.768 e. The average Bonchev–Trinajstić information content (AvgIpc) is 2.38. The topological polar surface area (TPSA) is 40.1 Å². The van der Waals surface area contributed by atoms with Crippen LogP contribution in [0.2, 0.25) is 0 Å². The molecule has 0 bridgehead atoms. The Morgan fingerprint density at radius 1 is 1.06 bits per heavy atom. The first-order valence-corrected chi connectivity index (χ1v) is 7.18. The highest BCUT2D eigenvalue weighted by molar-refractivity contribution is 7.98. The largest absolute Gasteiger partial charge is 0.768 e. The molecule has 2 aromatic rings. The van der Waals surface area contributed by atoms with Crippen molar-refractivity contribution in [2.75, 3.05) is 0 Å². The van der Waals surface area contributed by atoms with Crippen molar-refractivity contribution >= 4 is 22.8 Å². The lowest BCUT2D eigenvalue weighted by Gasteiger charge is -2.07. The molecule has 88 valence electrons. The average molecular weight is 263 g/mol. The number of rotatable bonds is 4. The highest BCUT2D eigenvalue weighted by Crippen LogP contribution is 2.24. The van der Waals surface area contributed by atoms with Gasteiger partial charge in [0.15, 0.2) is 0 Å². The molecule has 1 atom stereocenters. The van der Waals surface area contributed by atoms with E-state index in [1.165, 1.54) is 5.56 Å². The van der Waals surface area contributed by atoms with Crippen LogP contribution in [-0.4, -0.2) is 8.76 Å². The monoisotopic (exact) mass is 263 g/mol. The van der Waals surface area contributed by atoms with Gasteiger partial charge in [0.2, 0.25) is 0 Å². The van der Waals surface area contributed by atoms with Crippen molar-refractivity contribution in [3.63, 3.8) is 0 Å². The van der Waals surface area contributed by atoms with E-state index in [9.17, 15) is 8.76 Å². The van der Waals surface area contributed by atoms with Gasteiger partial charge in [-0.05, 0) is 34.8 Å². The Balaban J connectivity index is 2.04. The van der Waals surface area contributed by atoms with Crippen LogP contribution in [0.25, 0.3) is 0 Å². The van der Waals surface area contributed by atoms with E-state index in [0.717, 1.165) is 10.6 Å². The van der Waals surface area contributed by atoms with E-state index >= 15 is 0 Å². The Labute approximate surface area is 107 Å². The summed E-state index contributed by atoms with van der Waals surface area (Å²) < 4.78 is 21.6.